The van der Waals surface area contributed by atoms with Crippen LogP contribution in [0.15, 0.2) is 0 Å². The molecule has 2 aliphatic rings. The summed E-state index contributed by atoms with van der Waals surface area (Å²) in [5.41, 5.74) is 0. The van der Waals surface area contributed by atoms with E-state index in [0.29, 0.717) is 18.5 Å². The molecule has 1 saturated heterocycles. The molecule has 1 saturated carbocycles. The Morgan fingerprint density at radius 3 is 2.15 bits per heavy atom. The Hall–Kier alpha value is -0.940. The van der Waals surface area contributed by atoms with Crippen LogP contribution in [0, 0.1) is 0 Å². The van der Waals surface area contributed by atoms with Gasteiger partial charge in [0.1, 0.15) is 12.7 Å². The summed E-state index contributed by atoms with van der Waals surface area (Å²) in [7, 11) is 0. The Labute approximate surface area is 75.3 Å². The van der Waals surface area contributed by atoms with Crippen LogP contribution in [0.3, 0.4) is 0 Å². The first kappa shape index (κ1) is 10.1. The van der Waals surface area contributed by atoms with Crippen LogP contribution >= 0.6 is 0 Å². The van der Waals surface area contributed by atoms with Crippen molar-refractivity contribution in [2.75, 3.05) is 0 Å². The van der Waals surface area contributed by atoms with Crippen LogP contribution in [0.4, 0.5) is 0 Å². The summed E-state index contributed by atoms with van der Waals surface area (Å²) in [5, 5.41) is 16.5. The number of hydrogen-bond donors (Lipinski definition) is 2. The fourth-order valence-corrected chi connectivity index (χ4v) is 1.30. The Kier molecular flexibility index (Phi) is 3.39. The van der Waals surface area contributed by atoms with E-state index in [1.807, 2.05) is 0 Å². The van der Waals surface area contributed by atoms with Crippen molar-refractivity contribution >= 4 is 12.3 Å². The highest BCUT2D eigenvalue weighted by Gasteiger charge is 2.47. The minimum atomic E-state index is -1.08. The van der Waals surface area contributed by atoms with Crippen molar-refractivity contribution in [3.63, 3.8) is 0 Å². The lowest BCUT2D eigenvalue weighted by molar-refractivity contribution is -0.138. The molecule has 0 bridgehead atoms. The molecule has 0 aromatic carbocycles. The number of hydrogen-bond acceptors (Lipinski definition) is 4. The molecule has 0 radical (unpaired) electrons. The normalized spacial score (nSPS) is 34.1. The second kappa shape index (κ2) is 4.34. The second-order valence-corrected chi connectivity index (χ2v) is 3.10. The summed E-state index contributed by atoms with van der Waals surface area (Å²) in [6, 6.07) is 0. The molecular formula is C8H12O5. The Bertz CT molecular complexity index is 193. The van der Waals surface area contributed by atoms with Crippen LogP contribution in [0.1, 0.15) is 19.3 Å². The maximum absolute atomic E-state index is 9.37. The van der Waals surface area contributed by atoms with Gasteiger partial charge in [0.05, 0.1) is 18.3 Å². The lowest BCUT2D eigenvalue weighted by atomic mass is 10.3. The quantitative estimate of drug-likeness (QED) is 0.349. The summed E-state index contributed by atoms with van der Waals surface area (Å²) >= 11 is 0. The Balaban J connectivity index is 0.000000133. The Morgan fingerprint density at radius 1 is 1.46 bits per heavy atom. The van der Waals surface area contributed by atoms with Crippen LogP contribution < -0.4 is 0 Å². The highest BCUT2D eigenvalue weighted by atomic mass is 16.6. The number of carboxylic acids is 1. The number of aliphatic carboxylic acids is 1. The topological polar surface area (TPSA) is 87.1 Å². The maximum Gasteiger partial charge on any atom is 0.310 e. The molecule has 5 nitrogen and oxygen atoms in total. The number of carbonyl (C=O) groups excluding carboxylic acids is 1. The number of carbonyl (C=O) groups is 2. The number of aldehydes is 1. The lowest BCUT2D eigenvalue weighted by Crippen LogP contribution is -2.02. The fraction of sp³-hybridized carbons (Fsp3) is 0.750. The molecule has 1 aliphatic carbocycles. The summed E-state index contributed by atoms with van der Waals surface area (Å²) in [6.07, 6.45) is 2.55. The predicted molar refractivity (Wildman–Crippen MR) is 42.2 cm³/mol. The molecule has 5 heteroatoms. The standard InChI is InChI=1S/C5H8O2.C3H4O3/c6-3-1-4-5(2-3)7-4;4-2-1-3(5)6/h3-6H,1-2H2;2H,1H2,(H,5,6). The van der Waals surface area contributed by atoms with Crippen molar-refractivity contribution in [1.29, 1.82) is 0 Å². The maximum atomic E-state index is 9.37. The zero-order valence-electron chi connectivity index (χ0n) is 7.05. The van der Waals surface area contributed by atoms with Crippen molar-refractivity contribution in [1.82, 2.24) is 0 Å². The molecule has 0 spiro atoms. The molecule has 2 N–H and O–H groups in total. The van der Waals surface area contributed by atoms with Gasteiger partial charge in [-0.1, -0.05) is 0 Å². The number of aliphatic hydroxyl groups is 1. The van der Waals surface area contributed by atoms with E-state index in [0.717, 1.165) is 12.8 Å². The lowest BCUT2D eigenvalue weighted by Gasteiger charge is -1.97. The van der Waals surface area contributed by atoms with Gasteiger partial charge >= 0.3 is 5.97 Å². The molecule has 2 unspecified atom stereocenters. The zero-order valence-corrected chi connectivity index (χ0v) is 7.05. The minimum absolute atomic E-state index is 0.0521. The van der Waals surface area contributed by atoms with Crippen LogP contribution in [-0.2, 0) is 14.3 Å². The predicted octanol–water partition coefficient (Wildman–Crippen LogP) is -0.432. The molecule has 74 valence electrons. The monoisotopic (exact) mass is 188 g/mol. The van der Waals surface area contributed by atoms with E-state index < -0.39 is 5.97 Å². The van der Waals surface area contributed by atoms with Gasteiger partial charge < -0.3 is 19.7 Å². The highest BCUT2D eigenvalue weighted by molar-refractivity contribution is 5.81. The first-order valence-corrected chi connectivity index (χ1v) is 4.12. The molecule has 0 aromatic rings. The van der Waals surface area contributed by atoms with E-state index >= 15 is 0 Å². The van der Waals surface area contributed by atoms with Crippen molar-refractivity contribution < 1.29 is 24.5 Å². The van der Waals surface area contributed by atoms with Gasteiger partial charge in [-0.15, -0.1) is 0 Å². The number of fused-ring (bicyclic) bond motifs is 1. The average molecular weight is 188 g/mol. The second-order valence-electron chi connectivity index (χ2n) is 3.10. The highest BCUT2D eigenvalue weighted by Crippen LogP contribution is 2.38. The summed E-state index contributed by atoms with van der Waals surface area (Å²) in [6.45, 7) is 0. The van der Waals surface area contributed by atoms with Crippen LogP contribution in [0.5, 0.6) is 0 Å². The summed E-state index contributed by atoms with van der Waals surface area (Å²) in [5.74, 6) is -1.08. The van der Waals surface area contributed by atoms with E-state index in [2.05, 4.69) is 0 Å². The number of aliphatic hydroxyl groups excluding tert-OH is 1. The van der Waals surface area contributed by atoms with E-state index in [4.69, 9.17) is 14.9 Å². The molecule has 2 fully saturated rings. The number of epoxide rings is 1. The third-order valence-electron chi connectivity index (χ3n) is 1.95. The smallest absolute Gasteiger partial charge is 0.310 e. The van der Waals surface area contributed by atoms with Crippen molar-refractivity contribution in [2.45, 2.75) is 37.6 Å². The van der Waals surface area contributed by atoms with Crippen LogP contribution in [-0.4, -0.2) is 40.8 Å². The van der Waals surface area contributed by atoms with Crippen LogP contribution in [0.25, 0.3) is 0 Å². The molecular weight excluding hydrogens is 176 g/mol. The van der Waals surface area contributed by atoms with E-state index in [9.17, 15) is 9.59 Å². The van der Waals surface area contributed by atoms with Crippen molar-refractivity contribution in [3.8, 4) is 0 Å². The SMILES string of the molecule is O=CCC(=O)O.OC1CC2OC2C1. The third kappa shape index (κ3) is 3.52. The molecule has 0 amide bonds. The molecule has 0 aromatic heterocycles. The van der Waals surface area contributed by atoms with Gasteiger partial charge in [-0.25, -0.2) is 0 Å². The zero-order chi connectivity index (χ0) is 9.84. The molecule has 1 aliphatic heterocycles. The van der Waals surface area contributed by atoms with Crippen molar-refractivity contribution in [2.24, 2.45) is 0 Å². The van der Waals surface area contributed by atoms with Gasteiger partial charge in [0.2, 0.25) is 0 Å². The number of ether oxygens (including phenoxy) is 1. The number of rotatable bonds is 2. The van der Waals surface area contributed by atoms with Gasteiger partial charge in [-0.2, -0.15) is 0 Å². The summed E-state index contributed by atoms with van der Waals surface area (Å²) < 4.78 is 5.06. The number of carboxylic acid groups (broad SMARTS) is 1. The van der Waals surface area contributed by atoms with Crippen LogP contribution in [0.2, 0.25) is 0 Å². The first-order chi connectivity index (χ1) is 6.13. The molecule has 13 heavy (non-hydrogen) atoms. The van der Waals surface area contributed by atoms with Gasteiger partial charge in [0, 0.05) is 12.8 Å². The van der Waals surface area contributed by atoms with E-state index in [1.54, 1.807) is 0 Å². The molecule has 1 heterocycles. The van der Waals surface area contributed by atoms with Gasteiger partial charge in [-0.3, -0.25) is 4.79 Å². The van der Waals surface area contributed by atoms with Gasteiger partial charge in [0.25, 0.3) is 0 Å². The average Bonchev–Trinajstić information content (AvgIpc) is 2.60. The van der Waals surface area contributed by atoms with Gasteiger partial charge in [0.15, 0.2) is 0 Å². The Morgan fingerprint density at radius 2 is 2.00 bits per heavy atom. The largest absolute Gasteiger partial charge is 0.481 e. The van der Waals surface area contributed by atoms with Gasteiger partial charge in [-0.05, 0) is 0 Å². The minimum Gasteiger partial charge on any atom is -0.481 e. The molecule has 2 rings (SSSR count). The summed E-state index contributed by atoms with van der Waals surface area (Å²) in [4.78, 5) is 18.6. The molecule has 2 atom stereocenters. The van der Waals surface area contributed by atoms with E-state index in [-0.39, 0.29) is 12.5 Å². The van der Waals surface area contributed by atoms with Crippen molar-refractivity contribution in [3.05, 3.63) is 0 Å². The third-order valence-corrected chi connectivity index (χ3v) is 1.95. The fourth-order valence-electron chi connectivity index (χ4n) is 1.30. The first-order valence-electron chi connectivity index (χ1n) is 4.12. The van der Waals surface area contributed by atoms with E-state index in [1.165, 1.54) is 0 Å².